The van der Waals surface area contributed by atoms with Gasteiger partial charge in [0.1, 0.15) is 5.76 Å². The van der Waals surface area contributed by atoms with Gasteiger partial charge >= 0.3 is 0 Å². The maximum absolute atomic E-state index is 5.34. The maximum Gasteiger partial charge on any atom is 0.208 e. The molecule has 0 bridgehead atoms. The van der Waals surface area contributed by atoms with E-state index in [1.165, 1.54) is 0 Å². The van der Waals surface area contributed by atoms with Crippen LogP contribution in [0, 0.1) is 6.92 Å². The van der Waals surface area contributed by atoms with E-state index in [1.807, 2.05) is 6.92 Å². The molecule has 0 atom stereocenters. The SMILES string of the molecule is Cc1cnc(CNCCNC(C)(C)C)o1. The van der Waals surface area contributed by atoms with Crippen molar-refractivity contribution in [2.24, 2.45) is 0 Å². The van der Waals surface area contributed by atoms with E-state index < -0.39 is 0 Å². The molecule has 0 amide bonds. The summed E-state index contributed by atoms with van der Waals surface area (Å²) in [5.41, 5.74) is 0.182. The molecular weight excluding hydrogens is 190 g/mol. The molecule has 1 aromatic heterocycles. The van der Waals surface area contributed by atoms with Crippen molar-refractivity contribution in [1.29, 1.82) is 0 Å². The third-order valence-electron chi connectivity index (χ3n) is 1.90. The van der Waals surface area contributed by atoms with Crippen LogP contribution in [0.5, 0.6) is 0 Å². The monoisotopic (exact) mass is 211 g/mol. The number of aromatic nitrogens is 1. The molecule has 0 unspecified atom stereocenters. The largest absolute Gasteiger partial charge is 0.445 e. The summed E-state index contributed by atoms with van der Waals surface area (Å²) in [5, 5.41) is 6.67. The predicted octanol–water partition coefficient (Wildman–Crippen LogP) is 1.46. The van der Waals surface area contributed by atoms with Crippen LogP contribution in [0.2, 0.25) is 0 Å². The van der Waals surface area contributed by atoms with E-state index in [0.29, 0.717) is 6.54 Å². The minimum Gasteiger partial charge on any atom is -0.445 e. The highest BCUT2D eigenvalue weighted by atomic mass is 16.4. The number of aryl methyl sites for hydroxylation is 1. The Morgan fingerprint density at radius 1 is 1.33 bits per heavy atom. The number of nitrogens with zero attached hydrogens (tertiary/aromatic N) is 1. The predicted molar refractivity (Wildman–Crippen MR) is 60.7 cm³/mol. The van der Waals surface area contributed by atoms with Gasteiger partial charge < -0.3 is 15.1 Å². The Kier molecular flexibility index (Phi) is 4.29. The number of hydrogen-bond acceptors (Lipinski definition) is 4. The summed E-state index contributed by atoms with van der Waals surface area (Å²) in [5.74, 6) is 1.61. The fourth-order valence-corrected chi connectivity index (χ4v) is 1.20. The molecule has 1 aromatic rings. The van der Waals surface area contributed by atoms with E-state index in [-0.39, 0.29) is 5.54 Å². The molecule has 4 nitrogen and oxygen atoms in total. The lowest BCUT2D eigenvalue weighted by molar-refractivity contribution is 0.409. The number of hydrogen-bond donors (Lipinski definition) is 2. The van der Waals surface area contributed by atoms with E-state index in [0.717, 1.165) is 24.7 Å². The van der Waals surface area contributed by atoms with E-state index in [1.54, 1.807) is 6.20 Å². The summed E-state index contributed by atoms with van der Waals surface area (Å²) in [6, 6.07) is 0. The average molecular weight is 211 g/mol. The van der Waals surface area contributed by atoms with Gasteiger partial charge in [0.15, 0.2) is 0 Å². The molecule has 0 spiro atoms. The van der Waals surface area contributed by atoms with Gasteiger partial charge in [-0.15, -0.1) is 0 Å². The fraction of sp³-hybridized carbons (Fsp3) is 0.727. The Balaban J connectivity index is 2.07. The minimum absolute atomic E-state index is 0.182. The number of rotatable bonds is 5. The third kappa shape index (κ3) is 5.54. The van der Waals surface area contributed by atoms with Crippen LogP contribution in [0.15, 0.2) is 10.6 Å². The van der Waals surface area contributed by atoms with E-state index >= 15 is 0 Å². The van der Waals surface area contributed by atoms with Gasteiger partial charge in [-0.3, -0.25) is 0 Å². The highest BCUT2D eigenvalue weighted by Crippen LogP contribution is 2.00. The lowest BCUT2D eigenvalue weighted by Gasteiger charge is -2.20. The Morgan fingerprint density at radius 2 is 2.07 bits per heavy atom. The summed E-state index contributed by atoms with van der Waals surface area (Å²) >= 11 is 0. The second kappa shape index (κ2) is 5.28. The first-order valence-electron chi connectivity index (χ1n) is 5.34. The zero-order valence-corrected chi connectivity index (χ0v) is 10.1. The summed E-state index contributed by atoms with van der Waals surface area (Å²) in [6.07, 6.45) is 1.74. The number of nitrogens with one attached hydrogen (secondary N) is 2. The van der Waals surface area contributed by atoms with Gasteiger partial charge in [0, 0.05) is 18.6 Å². The lowest BCUT2D eigenvalue weighted by Crippen LogP contribution is -2.40. The van der Waals surface area contributed by atoms with Crippen LogP contribution in [0.4, 0.5) is 0 Å². The quantitative estimate of drug-likeness (QED) is 0.724. The smallest absolute Gasteiger partial charge is 0.208 e. The molecule has 0 aromatic carbocycles. The second-order valence-corrected chi connectivity index (χ2v) is 4.72. The van der Waals surface area contributed by atoms with Crippen molar-refractivity contribution < 1.29 is 4.42 Å². The Bertz CT molecular complexity index is 288. The van der Waals surface area contributed by atoms with Crippen LogP contribution in [0.3, 0.4) is 0 Å². The Labute approximate surface area is 91.5 Å². The highest BCUT2D eigenvalue weighted by Gasteiger charge is 2.07. The zero-order valence-electron chi connectivity index (χ0n) is 10.1. The highest BCUT2D eigenvalue weighted by molar-refractivity contribution is 4.90. The maximum atomic E-state index is 5.34. The summed E-state index contributed by atoms with van der Waals surface area (Å²) in [6.45, 7) is 10.9. The molecule has 2 N–H and O–H groups in total. The van der Waals surface area contributed by atoms with Crippen LogP contribution >= 0.6 is 0 Å². The molecule has 0 radical (unpaired) electrons. The first-order chi connectivity index (χ1) is 6.97. The van der Waals surface area contributed by atoms with Crippen molar-refractivity contribution in [2.45, 2.75) is 39.8 Å². The van der Waals surface area contributed by atoms with Crippen LogP contribution < -0.4 is 10.6 Å². The standard InChI is InChI=1S/C11H21N3O/c1-9-7-13-10(15-9)8-12-5-6-14-11(2,3)4/h7,12,14H,5-6,8H2,1-4H3. The van der Waals surface area contributed by atoms with Crippen LogP contribution in [0.1, 0.15) is 32.4 Å². The van der Waals surface area contributed by atoms with Crippen molar-refractivity contribution in [1.82, 2.24) is 15.6 Å². The third-order valence-corrected chi connectivity index (χ3v) is 1.90. The van der Waals surface area contributed by atoms with Gasteiger partial charge in [-0.05, 0) is 27.7 Å². The molecule has 0 aliphatic carbocycles. The van der Waals surface area contributed by atoms with E-state index in [9.17, 15) is 0 Å². The van der Waals surface area contributed by atoms with Crippen LogP contribution in [-0.2, 0) is 6.54 Å². The summed E-state index contributed by atoms with van der Waals surface area (Å²) < 4.78 is 5.34. The molecule has 15 heavy (non-hydrogen) atoms. The average Bonchev–Trinajstić information content (AvgIpc) is 2.49. The molecule has 0 saturated carbocycles. The molecule has 0 aliphatic rings. The molecule has 0 fully saturated rings. The van der Waals surface area contributed by atoms with Crippen molar-refractivity contribution in [3.8, 4) is 0 Å². The molecular formula is C11H21N3O. The van der Waals surface area contributed by atoms with Gasteiger partial charge in [-0.25, -0.2) is 4.98 Å². The molecule has 4 heteroatoms. The van der Waals surface area contributed by atoms with Crippen molar-refractivity contribution in [2.75, 3.05) is 13.1 Å². The molecule has 86 valence electrons. The van der Waals surface area contributed by atoms with Crippen LogP contribution in [0.25, 0.3) is 0 Å². The summed E-state index contributed by atoms with van der Waals surface area (Å²) in [4.78, 5) is 4.11. The topological polar surface area (TPSA) is 50.1 Å². The van der Waals surface area contributed by atoms with Crippen molar-refractivity contribution in [3.05, 3.63) is 17.8 Å². The Morgan fingerprint density at radius 3 is 2.60 bits per heavy atom. The van der Waals surface area contributed by atoms with E-state index in [4.69, 9.17) is 4.42 Å². The van der Waals surface area contributed by atoms with Gasteiger partial charge in [0.2, 0.25) is 5.89 Å². The molecule has 0 aliphatic heterocycles. The first-order valence-corrected chi connectivity index (χ1v) is 5.34. The normalized spacial score (nSPS) is 12.0. The first kappa shape index (κ1) is 12.2. The molecule has 0 saturated heterocycles. The fourth-order valence-electron chi connectivity index (χ4n) is 1.20. The lowest BCUT2D eigenvalue weighted by atomic mass is 10.1. The van der Waals surface area contributed by atoms with Gasteiger partial charge in [-0.1, -0.05) is 0 Å². The second-order valence-electron chi connectivity index (χ2n) is 4.72. The molecule has 1 rings (SSSR count). The van der Waals surface area contributed by atoms with Gasteiger partial charge in [0.25, 0.3) is 0 Å². The Hall–Kier alpha value is -0.870. The number of oxazole rings is 1. The molecule has 1 heterocycles. The summed E-state index contributed by atoms with van der Waals surface area (Å²) in [7, 11) is 0. The minimum atomic E-state index is 0.182. The van der Waals surface area contributed by atoms with Crippen molar-refractivity contribution >= 4 is 0 Å². The van der Waals surface area contributed by atoms with Crippen molar-refractivity contribution in [3.63, 3.8) is 0 Å². The zero-order chi connectivity index (χ0) is 11.3. The van der Waals surface area contributed by atoms with Gasteiger partial charge in [-0.2, -0.15) is 0 Å². The van der Waals surface area contributed by atoms with Crippen LogP contribution in [-0.4, -0.2) is 23.6 Å². The van der Waals surface area contributed by atoms with Gasteiger partial charge in [0.05, 0.1) is 12.7 Å². The van der Waals surface area contributed by atoms with E-state index in [2.05, 4.69) is 36.4 Å².